The molecule has 106 valence electrons. The van der Waals surface area contributed by atoms with Gasteiger partial charge in [-0.1, -0.05) is 0 Å². The number of rotatable bonds is 6. The van der Waals surface area contributed by atoms with Gasteiger partial charge >= 0.3 is 0 Å². The Morgan fingerprint density at radius 1 is 1.37 bits per heavy atom. The summed E-state index contributed by atoms with van der Waals surface area (Å²) in [6.45, 7) is 3.74. The van der Waals surface area contributed by atoms with Crippen LogP contribution in [0.25, 0.3) is 0 Å². The number of methoxy groups -OCH3 is 1. The van der Waals surface area contributed by atoms with Crippen molar-refractivity contribution in [2.45, 2.75) is 19.4 Å². The summed E-state index contributed by atoms with van der Waals surface area (Å²) in [6.07, 6.45) is 5.69. The number of hydrogen-bond donors (Lipinski definition) is 2. The predicted molar refractivity (Wildman–Crippen MR) is 73.9 cm³/mol. The van der Waals surface area contributed by atoms with E-state index in [0.29, 0.717) is 13.2 Å². The molecule has 2 rings (SSSR count). The molecule has 0 aliphatic carbocycles. The molecule has 19 heavy (non-hydrogen) atoms. The molecule has 0 bridgehead atoms. The Morgan fingerprint density at radius 2 is 2.05 bits per heavy atom. The van der Waals surface area contributed by atoms with Crippen molar-refractivity contribution in [3.63, 3.8) is 0 Å². The molecule has 1 aromatic heterocycles. The van der Waals surface area contributed by atoms with Gasteiger partial charge in [0.1, 0.15) is 0 Å². The number of nitrogens with one attached hydrogen (secondary N) is 2. The van der Waals surface area contributed by atoms with Crippen LogP contribution in [0.1, 0.15) is 12.8 Å². The van der Waals surface area contributed by atoms with Crippen LogP contribution in [0.4, 0.5) is 0 Å². The van der Waals surface area contributed by atoms with Crippen LogP contribution in [-0.2, 0) is 16.1 Å². The maximum Gasteiger partial charge on any atom is 0.228 e. The zero-order valence-corrected chi connectivity index (χ0v) is 11.5. The van der Waals surface area contributed by atoms with E-state index in [0.717, 1.165) is 32.5 Å². The highest BCUT2D eigenvalue weighted by Crippen LogP contribution is 2.29. The molecule has 0 saturated carbocycles. The Bertz CT molecular complexity index is 378. The van der Waals surface area contributed by atoms with Crippen LogP contribution in [-0.4, -0.2) is 43.8 Å². The summed E-state index contributed by atoms with van der Waals surface area (Å²) < 4.78 is 7.33. The normalized spacial score (nSPS) is 18.2. The van der Waals surface area contributed by atoms with E-state index >= 15 is 0 Å². The number of aromatic nitrogens is 1. The number of amides is 1. The zero-order valence-electron chi connectivity index (χ0n) is 11.5. The molecule has 1 aliphatic rings. The van der Waals surface area contributed by atoms with Crippen molar-refractivity contribution in [2.75, 3.05) is 33.4 Å². The molecule has 0 radical (unpaired) electrons. The number of ether oxygens (including phenoxy) is 1. The lowest BCUT2D eigenvalue weighted by Crippen LogP contribution is -2.50. The molecule has 0 aromatic carbocycles. The molecule has 2 heterocycles. The molecular formula is C14H23N3O2. The first-order chi connectivity index (χ1) is 9.27. The lowest BCUT2D eigenvalue weighted by atomic mass is 9.78. The Labute approximate surface area is 114 Å². The van der Waals surface area contributed by atoms with Gasteiger partial charge in [0, 0.05) is 32.6 Å². The fourth-order valence-electron chi connectivity index (χ4n) is 2.62. The Morgan fingerprint density at radius 3 is 2.68 bits per heavy atom. The standard InChI is InChI=1S/C14H23N3O2/c1-19-12-14(4-6-15-7-5-14)13(18)16-8-11-17-9-2-3-10-17/h2-3,9-10,15H,4-8,11-12H2,1H3,(H,16,18). The number of hydrogen-bond acceptors (Lipinski definition) is 3. The topological polar surface area (TPSA) is 55.3 Å². The minimum atomic E-state index is -0.351. The third-order valence-electron chi connectivity index (χ3n) is 3.78. The van der Waals surface area contributed by atoms with E-state index in [-0.39, 0.29) is 11.3 Å². The second-order valence-electron chi connectivity index (χ2n) is 5.14. The molecule has 1 saturated heterocycles. The maximum atomic E-state index is 12.4. The van der Waals surface area contributed by atoms with Crippen molar-refractivity contribution in [3.05, 3.63) is 24.5 Å². The Kier molecular flexibility index (Phi) is 4.99. The highest BCUT2D eigenvalue weighted by Gasteiger charge is 2.39. The largest absolute Gasteiger partial charge is 0.384 e. The van der Waals surface area contributed by atoms with Gasteiger partial charge in [-0.05, 0) is 38.1 Å². The minimum Gasteiger partial charge on any atom is -0.384 e. The van der Waals surface area contributed by atoms with Crippen molar-refractivity contribution in [1.29, 1.82) is 0 Å². The first-order valence-corrected chi connectivity index (χ1v) is 6.85. The summed E-state index contributed by atoms with van der Waals surface area (Å²) in [5.41, 5.74) is -0.351. The molecule has 1 amide bonds. The SMILES string of the molecule is COCC1(C(=O)NCCn2cccc2)CCNCC1. The molecule has 1 fully saturated rings. The average molecular weight is 265 g/mol. The van der Waals surface area contributed by atoms with Gasteiger partial charge in [0.2, 0.25) is 5.91 Å². The molecule has 0 unspecified atom stereocenters. The van der Waals surface area contributed by atoms with Crippen molar-refractivity contribution in [2.24, 2.45) is 5.41 Å². The lowest BCUT2D eigenvalue weighted by molar-refractivity contribution is -0.136. The van der Waals surface area contributed by atoms with E-state index in [1.807, 2.05) is 24.5 Å². The second kappa shape index (κ2) is 6.73. The number of nitrogens with zero attached hydrogens (tertiary/aromatic N) is 1. The van der Waals surface area contributed by atoms with Gasteiger partial charge < -0.3 is 19.9 Å². The quantitative estimate of drug-likeness (QED) is 0.793. The summed E-state index contributed by atoms with van der Waals surface area (Å²) >= 11 is 0. The monoisotopic (exact) mass is 265 g/mol. The first kappa shape index (κ1) is 14.1. The van der Waals surface area contributed by atoms with E-state index in [4.69, 9.17) is 4.74 Å². The molecular weight excluding hydrogens is 242 g/mol. The maximum absolute atomic E-state index is 12.4. The summed E-state index contributed by atoms with van der Waals surface area (Å²) in [7, 11) is 1.66. The van der Waals surface area contributed by atoms with Crippen LogP contribution >= 0.6 is 0 Å². The summed E-state index contributed by atoms with van der Waals surface area (Å²) in [5, 5.41) is 6.34. The van der Waals surface area contributed by atoms with E-state index in [2.05, 4.69) is 15.2 Å². The highest BCUT2D eigenvalue weighted by atomic mass is 16.5. The van der Waals surface area contributed by atoms with Crippen LogP contribution in [0.3, 0.4) is 0 Å². The van der Waals surface area contributed by atoms with Gasteiger partial charge in [-0.3, -0.25) is 4.79 Å². The first-order valence-electron chi connectivity index (χ1n) is 6.85. The van der Waals surface area contributed by atoms with E-state index < -0.39 is 0 Å². The van der Waals surface area contributed by atoms with Crippen molar-refractivity contribution in [1.82, 2.24) is 15.2 Å². The van der Waals surface area contributed by atoms with Crippen LogP contribution in [0.5, 0.6) is 0 Å². The summed E-state index contributed by atoms with van der Waals surface area (Å²) in [5.74, 6) is 0.128. The molecule has 5 nitrogen and oxygen atoms in total. The van der Waals surface area contributed by atoms with Gasteiger partial charge in [0.15, 0.2) is 0 Å². The fourth-order valence-corrected chi connectivity index (χ4v) is 2.62. The molecule has 1 aromatic rings. The predicted octanol–water partition coefficient (Wildman–Crippen LogP) is 0.621. The van der Waals surface area contributed by atoms with E-state index in [1.165, 1.54) is 0 Å². The third-order valence-corrected chi connectivity index (χ3v) is 3.78. The highest BCUT2D eigenvalue weighted by molar-refractivity contribution is 5.82. The number of carbonyl (C=O) groups is 1. The summed E-state index contributed by atoms with van der Waals surface area (Å²) in [4.78, 5) is 12.4. The van der Waals surface area contributed by atoms with E-state index in [1.54, 1.807) is 7.11 Å². The smallest absolute Gasteiger partial charge is 0.228 e. The van der Waals surface area contributed by atoms with Crippen LogP contribution in [0, 0.1) is 5.41 Å². The van der Waals surface area contributed by atoms with Crippen molar-refractivity contribution >= 4 is 5.91 Å². The van der Waals surface area contributed by atoms with Crippen molar-refractivity contribution in [3.8, 4) is 0 Å². The third kappa shape index (κ3) is 3.58. The summed E-state index contributed by atoms with van der Waals surface area (Å²) in [6, 6.07) is 3.97. The van der Waals surface area contributed by atoms with Gasteiger partial charge in [-0.25, -0.2) is 0 Å². The van der Waals surface area contributed by atoms with Crippen LogP contribution in [0.15, 0.2) is 24.5 Å². The Hall–Kier alpha value is -1.33. The minimum absolute atomic E-state index is 0.128. The van der Waals surface area contributed by atoms with Gasteiger partial charge in [0.05, 0.1) is 12.0 Å². The lowest BCUT2D eigenvalue weighted by Gasteiger charge is -2.35. The van der Waals surface area contributed by atoms with E-state index in [9.17, 15) is 4.79 Å². The van der Waals surface area contributed by atoms with Crippen LogP contribution in [0.2, 0.25) is 0 Å². The number of piperidine rings is 1. The molecule has 0 atom stereocenters. The van der Waals surface area contributed by atoms with Crippen molar-refractivity contribution < 1.29 is 9.53 Å². The van der Waals surface area contributed by atoms with Gasteiger partial charge in [-0.2, -0.15) is 0 Å². The molecule has 5 heteroatoms. The Balaban J connectivity index is 1.85. The average Bonchev–Trinajstić information content (AvgIpc) is 2.93. The molecule has 2 N–H and O–H groups in total. The van der Waals surface area contributed by atoms with Gasteiger partial charge in [-0.15, -0.1) is 0 Å². The number of carbonyl (C=O) groups excluding carboxylic acids is 1. The zero-order chi connectivity index (χ0) is 13.6. The second-order valence-corrected chi connectivity index (χ2v) is 5.14. The fraction of sp³-hybridized carbons (Fsp3) is 0.643. The van der Waals surface area contributed by atoms with Crippen LogP contribution < -0.4 is 10.6 Å². The molecule has 1 aliphatic heterocycles. The van der Waals surface area contributed by atoms with Gasteiger partial charge in [0.25, 0.3) is 0 Å². The molecule has 0 spiro atoms.